The van der Waals surface area contributed by atoms with Gasteiger partial charge in [-0.05, 0) is 61.8 Å². The van der Waals surface area contributed by atoms with Gasteiger partial charge < -0.3 is 10.1 Å². The minimum Gasteiger partial charge on any atom is -0.474 e. The number of carbonyl (C=O) groups is 1. The van der Waals surface area contributed by atoms with Crippen molar-refractivity contribution in [2.24, 2.45) is 0 Å². The zero-order valence-corrected chi connectivity index (χ0v) is 15.5. The van der Waals surface area contributed by atoms with Gasteiger partial charge in [-0.1, -0.05) is 29.8 Å². The lowest BCUT2D eigenvalue weighted by atomic mass is 9.95. The van der Waals surface area contributed by atoms with E-state index in [9.17, 15) is 4.79 Å². The van der Waals surface area contributed by atoms with Crippen molar-refractivity contribution in [3.63, 3.8) is 0 Å². The van der Waals surface area contributed by atoms with Crippen molar-refractivity contribution in [2.45, 2.75) is 56.6 Å². The molecule has 0 saturated heterocycles. The van der Waals surface area contributed by atoms with Gasteiger partial charge >= 0.3 is 0 Å². The third-order valence-electron chi connectivity index (χ3n) is 5.42. The molecule has 2 aliphatic carbocycles. The van der Waals surface area contributed by atoms with Crippen LogP contribution in [-0.2, 0) is 16.8 Å². The number of hydrogen-bond acceptors (Lipinski definition) is 3. The van der Waals surface area contributed by atoms with Gasteiger partial charge in [0.1, 0.15) is 6.10 Å². The van der Waals surface area contributed by atoms with Crippen LogP contribution in [0.15, 0.2) is 42.6 Å². The Kier molecular flexibility index (Phi) is 4.86. The van der Waals surface area contributed by atoms with Crippen LogP contribution in [0.3, 0.4) is 0 Å². The SMILES string of the molecule is O=C(NCc1ccc(OC2CCCC2)nc1)C1(c2ccc(Cl)cc2)CC1. The van der Waals surface area contributed by atoms with E-state index in [-0.39, 0.29) is 11.3 Å². The third-order valence-corrected chi connectivity index (χ3v) is 5.67. The molecule has 1 aromatic heterocycles. The van der Waals surface area contributed by atoms with Gasteiger partial charge in [0, 0.05) is 23.8 Å². The van der Waals surface area contributed by atoms with Crippen molar-refractivity contribution >= 4 is 17.5 Å². The fourth-order valence-corrected chi connectivity index (χ4v) is 3.78. The van der Waals surface area contributed by atoms with Crippen LogP contribution >= 0.6 is 11.6 Å². The van der Waals surface area contributed by atoms with Crippen LogP contribution in [0, 0.1) is 0 Å². The maximum absolute atomic E-state index is 12.7. The highest BCUT2D eigenvalue weighted by Gasteiger charge is 2.51. The van der Waals surface area contributed by atoms with Crippen molar-refractivity contribution < 1.29 is 9.53 Å². The molecule has 0 atom stereocenters. The van der Waals surface area contributed by atoms with Gasteiger partial charge in [-0.15, -0.1) is 0 Å². The number of ether oxygens (including phenoxy) is 1. The van der Waals surface area contributed by atoms with E-state index in [2.05, 4.69) is 10.3 Å². The Morgan fingerprint density at radius 3 is 2.50 bits per heavy atom. The number of hydrogen-bond donors (Lipinski definition) is 1. The number of pyridine rings is 1. The van der Waals surface area contributed by atoms with Crippen LogP contribution in [0.5, 0.6) is 5.88 Å². The smallest absolute Gasteiger partial charge is 0.230 e. The van der Waals surface area contributed by atoms with Crippen LogP contribution in [-0.4, -0.2) is 17.0 Å². The number of halogens is 1. The second-order valence-corrected chi connectivity index (χ2v) is 7.74. The minimum atomic E-state index is -0.385. The highest BCUT2D eigenvalue weighted by molar-refractivity contribution is 6.30. The zero-order chi connectivity index (χ0) is 18.0. The topological polar surface area (TPSA) is 51.2 Å². The quantitative estimate of drug-likeness (QED) is 0.819. The van der Waals surface area contributed by atoms with Crippen molar-refractivity contribution in [3.05, 3.63) is 58.7 Å². The molecule has 0 bridgehead atoms. The number of amides is 1. The molecule has 26 heavy (non-hydrogen) atoms. The Bertz CT molecular complexity index is 764. The molecule has 1 amide bonds. The molecule has 2 aromatic rings. The first-order valence-corrected chi connectivity index (χ1v) is 9.69. The van der Waals surface area contributed by atoms with E-state index in [0.29, 0.717) is 23.6 Å². The summed E-state index contributed by atoms with van der Waals surface area (Å²) < 4.78 is 5.88. The first-order chi connectivity index (χ1) is 12.7. The second kappa shape index (κ2) is 7.28. The van der Waals surface area contributed by atoms with Crippen molar-refractivity contribution in [3.8, 4) is 5.88 Å². The molecule has 136 valence electrons. The van der Waals surface area contributed by atoms with Gasteiger partial charge in [0.05, 0.1) is 5.41 Å². The van der Waals surface area contributed by atoms with Gasteiger partial charge in [0.15, 0.2) is 0 Å². The summed E-state index contributed by atoms with van der Waals surface area (Å²) in [7, 11) is 0. The predicted octanol–water partition coefficient (Wildman–Crippen LogP) is 4.40. The number of carbonyl (C=O) groups excluding carboxylic acids is 1. The van der Waals surface area contributed by atoms with E-state index in [1.54, 1.807) is 6.20 Å². The number of aromatic nitrogens is 1. The largest absolute Gasteiger partial charge is 0.474 e. The van der Waals surface area contributed by atoms with E-state index < -0.39 is 0 Å². The van der Waals surface area contributed by atoms with E-state index >= 15 is 0 Å². The van der Waals surface area contributed by atoms with E-state index in [1.165, 1.54) is 12.8 Å². The summed E-state index contributed by atoms with van der Waals surface area (Å²) >= 11 is 5.95. The van der Waals surface area contributed by atoms with E-state index in [1.807, 2.05) is 36.4 Å². The van der Waals surface area contributed by atoms with Gasteiger partial charge in [0.2, 0.25) is 11.8 Å². The van der Waals surface area contributed by atoms with Crippen LogP contribution < -0.4 is 10.1 Å². The molecular weight excluding hydrogens is 348 g/mol. The van der Waals surface area contributed by atoms with Crippen LogP contribution in [0.1, 0.15) is 49.7 Å². The lowest BCUT2D eigenvalue weighted by Gasteiger charge is -2.16. The van der Waals surface area contributed by atoms with Crippen molar-refractivity contribution in [1.82, 2.24) is 10.3 Å². The lowest BCUT2D eigenvalue weighted by Crippen LogP contribution is -2.34. The third kappa shape index (κ3) is 3.70. The minimum absolute atomic E-state index is 0.0751. The molecule has 1 N–H and O–H groups in total. The number of rotatable bonds is 6. The average Bonchev–Trinajstić information content (AvgIpc) is 3.32. The fourth-order valence-electron chi connectivity index (χ4n) is 3.65. The summed E-state index contributed by atoms with van der Waals surface area (Å²) in [6.45, 7) is 0.477. The monoisotopic (exact) mass is 370 g/mol. The summed E-state index contributed by atoms with van der Waals surface area (Å²) in [5.41, 5.74) is 1.63. The van der Waals surface area contributed by atoms with Gasteiger partial charge in [0.25, 0.3) is 0 Å². The standard InChI is InChI=1S/C21H23ClN2O2/c22-17-8-6-16(7-9-17)21(11-12-21)20(25)24-14-15-5-10-19(23-13-15)26-18-3-1-2-4-18/h5-10,13,18H,1-4,11-12,14H2,(H,24,25). The van der Waals surface area contributed by atoms with Crippen LogP contribution in [0.4, 0.5) is 0 Å². The maximum atomic E-state index is 12.7. The first kappa shape index (κ1) is 17.3. The molecule has 0 radical (unpaired) electrons. The summed E-state index contributed by atoms with van der Waals surface area (Å²) in [6, 6.07) is 11.5. The summed E-state index contributed by atoms with van der Waals surface area (Å²) in [5, 5.41) is 3.75. The number of benzene rings is 1. The lowest BCUT2D eigenvalue weighted by molar-refractivity contribution is -0.123. The highest BCUT2D eigenvalue weighted by atomic mass is 35.5. The number of nitrogens with zero attached hydrogens (tertiary/aromatic N) is 1. The molecule has 5 heteroatoms. The molecular formula is C21H23ClN2O2. The molecule has 1 aromatic carbocycles. The fraction of sp³-hybridized carbons (Fsp3) is 0.429. The molecule has 0 spiro atoms. The van der Waals surface area contributed by atoms with Crippen molar-refractivity contribution in [1.29, 1.82) is 0 Å². The molecule has 0 unspecified atom stereocenters. The summed E-state index contributed by atoms with van der Waals surface area (Å²) in [6.07, 6.45) is 8.57. The van der Waals surface area contributed by atoms with Crippen LogP contribution in [0.2, 0.25) is 5.02 Å². The first-order valence-electron chi connectivity index (χ1n) is 9.32. The predicted molar refractivity (Wildman–Crippen MR) is 101 cm³/mol. The molecule has 2 saturated carbocycles. The molecule has 2 aliphatic rings. The molecule has 4 rings (SSSR count). The highest BCUT2D eigenvalue weighted by Crippen LogP contribution is 2.48. The molecule has 4 nitrogen and oxygen atoms in total. The molecule has 1 heterocycles. The Hall–Kier alpha value is -2.07. The zero-order valence-electron chi connectivity index (χ0n) is 14.7. The Morgan fingerprint density at radius 2 is 1.88 bits per heavy atom. The summed E-state index contributed by atoms with van der Waals surface area (Å²) in [4.78, 5) is 17.1. The number of nitrogens with one attached hydrogen (secondary N) is 1. The normalized spacial score (nSPS) is 18.5. The van der Waals surface area contributed by atoms with Crippen LogP contribution in [0.25, 0.3) is 0 Å². The van der Waals surface area contributed by atoms with Gasteiger partial charge in [-0.25, -0.2) is 4.98 Å². The maximum Gasteiger partial charge on any atom is 0.230 e. The Morgan fingerprint density at radius 1 is 1.15 bits per heavy atom. The summed E-state index contributed by atoms with van der Waals surface area (Å²) in [5.74, 6) is 0.748. The van der Waals surface area contributed by atoms with Gasteiger partial charge in [-0.2, -0.15) is 0 Å². The van der Waals surface area contributed by atoms with E-state index in [4.69, 9.17) is 16.3 Å². The molecule has 0 aliphatic heterocycles. The van der Waals surface area contributed by atoms with E-state index in [0.717, 1.165) is 36.8 Å². The Labute approximate surface area is 158 Å². The average molecular weight is 371 g/mol. The Balaban J connectivity index is 1.33. The van der Waals surface area contributed by atoms with Crippen molar-refractivity contribution in [2.75, 3.05) is 0 Å². The van der Waals surface area contributed by atoms with Gasteiger partial charge in [-0.3, -0.25) is 4.79 Å². The second-order valence-electron chi connectivity index (χ2n) is 7.30. The molecule has 2 fully saturated rings.